The monoisotopic (exact) mass is 669 g/mol. The van der Waals surface area contributed by atoms with Crippen molar-refractivity contribution in [1.29, 1.82) is 5.26 Å². The predicted octanol–water partition coefficient (Wildman–Crippen LogP) is 5.41. The summed E-state index contributed by atoms with van der Waals surface area (Å²) < 4.78 is 46.7. The van der Waals surface area contributed by atoms with Gasteiger partial charge in [0.2, 0.25) is 10.0 Å². The third-order valence-electron chi connectivity index (χ3n) is 7.76. The maximum absolute atomic E-state index is 13.3. The van der Waals surface area contributed by atoms with Crippen LogP contribution in [0.25, 0.3) is 0 Å². The van der Waals surface area contributed by atoms with Gasteiger partial charge in [-0.2, -0.15) is 5.26 Å². The molecule has 0 aliphatic carbocycles. The van der Waals surface area contributed by atoms with Crippen molar-refractivity contribution in [2.24, 2.45) is 0 Å². The van der Waals surface area contributed by atoms with Gasteiger partial charge in [0.05, 0.1) is 28.1 Å². The highest BCUT2D eigenvalue weighted by Gasteiger charge is 2.25. The zero-order valence-corrected chi connectivity index (χ0v) is 26.8. The number of carbonyl (C=O) groups excluding carboxylic acids is 1. The van der Waals surface area contributed by atoms with Crippen LogP contribution in [0.1, 0.15) is 39.9 Å². The summed E-state index contributed by atoms with van der Waals surface area (Å²) in [6, 6.07) is 29.7. The number of benzene rings is 4. The lowest BCUT2D eigenvalue weighted by molar-refractivity contribution is 0.0637. The molecule has 0 saturated carbocycles. The maximum atomic E-state index is 13.3. The smallest absolute Gasteiger partial charge is 0.410 e. The largest absolute Gasteiger partial charge is 0.492 e. The molecule has 0 spiro atoms. The first-order valence-corrected chi connectivity index (χ1v) is 16.9. The molecule has 1 aliphatic rings. The summed E-state index contributed by atoms with van der Waals surface area (Å²) in [5.41, 5.74) is 2.14. The molecule has 0 radical (unpaired) electrons. The van der Waals surface area contributed by atoms with Gasteiger partial charge in [0.1, 0.15) is 30.8 Å². The van der Waals surface area contributed by atoms with Crippen LogP contribution >= 0.6 is 0 Å². The fraction of sp³-hybridized carbons (Fsp3) is 0.250. The Balaban J connectivity index is 1.18. The number of carboxylic acids is 1. The number of nitrogens with one attached hydrogen (secondary N) is 1. The molecule has 1 saturated heterocycles. The van der Waals surface area contributed by atoms with Gasteiger partial charge in [0.25, 0.3) is 0 Å². The minimum Gasteiger partial charge on any atom is -0.492 e. The van der Waals surface area contributed by atoms with Crippen molar-refractivity contribution in [2.45, 2.75) is 42.9 Å². The molecule has 1 fully saturated rings. The van der Waals surface area contributed by atoms with Gasteiger partial charge in [-0.15, -0.1) is 0 Å². The Hall–Kier alpha value is -5.38. The van der Waals surface area contributed by atoms with Crippen molar-refractivity contribution in [3.05, 3.63) is 125 Å². The van der Waals surface area contributed by atoms with Gasteiger partial charge >= 0.3 is 12.1 Å². The van der Waals surface area contributed by atoms with E-state index in [0.29, 0.717) is 43.0 Å². The quantitative estimate of drug-likeness (QED) is 0.190. The average Bonchev–Trinajstić information content (AvgIpc) is 3.11. The minimum atomic E-state index is -4.03. The summed E-state index contributed by atoms with van der Waals surface area (Å²) in [5.74, 6) is -0.0812. The van der Waals surface area contributed by atoms with E-state index in [9.17, 15) is 23.3 Å². The van der Waals surface area contributed by atoms with E-state index in [0.717, 1.165) is 11.1 Å². The molecule has 12 heteroatoms. The van der Waals surface area contributed by atoms with E-state index in [2.05, 4.69) is 10.8 Å². The van der Waals surface area contributed by atoms with Gasteiger partial charge in [0.15, 0.2) is 0 Å². The fourth-order valence-electron chi connectivity index (χ4n) is 5.20. The molecular formula is C36H35N3O8S. The Morgan fingerprint density at radius 3 is 2.27 bits per heavy atom. The second kappa shape index (κ2) is 15.9. The van der Waals surface area contributed by atoms with Gasteiger partial charge in [-0.25, -0.2) is 22.7 Å². The molecule has 5 rings (SSSR count). The molecule has 1 aliphatic heterocycles. The second-order valence-corrected chi connectivity index (χ2v) is 13.0. The lowest BCUT2D eigenvalue weighted by Gasteiger charge is -2.31. The van der Waals surface area contributed by atoms with Crippen molar-refractivity contribution in [2.75, 3.05) is 19.7 Å². The molecule has 0 bridgehead atoms. The van der Waals surface area contributed by atoms with Crippen molar-refractivity contribution in [3.8, 4) is 17.6 Å². The lowest BCUT2D eigenvalue weighted by Crippen LogP contribution is -2.42. The molecular weight excluding hydrogens is 634 g/mol. The number of hydrogen-bond acceptors (Lipinski definition) is 8. The van der Waals surface area contributed by atoms with Crippen molar-refractivity contribution < 1.29 is 37.3 Å². The van der Waals surface area contributed by atoms with Gasteiger partial charge in [-0.1, -0.05) is 48.5 Å². The third kappa shape index (κ3) is 9.57. The average molecular weight is 670 g/mol. The number of carbonyl (C=O) groups is 2. The van der Waals surface area contributed by atoms with Crippen LogP contribution in [0, 0.1) is 11.3 Å². The van der Waals surface area contributed by atoms with E-state index in [1.54, 1.807) is 29.2 Å². The molecule has 4 aromatic carbocycles. The first-order chi connectivity index (χ1) is 23.2. The SMILES string of the molecule is N#Cc1cccc(OC[C@H](Cc2ccc(OC3CCN(C(=O)OCc4ccccc4)CC3)cc2)NS(=O)(=O)c2ccc(C(=O)O)cc2)c1. The van der Waals surface area contributed by atoms with Crippen LogP contribution in [0.5, 0.6) is 11.5 Å². The number of ether oxygens (including phenoxy) is 3. The second-order valence-electron chi connectivity index (χ2n) is 11.3. The summed E-state index contributed by atoms with van der Waals surface area (Å²) in [6.07, 6.45) is 1.17. The summed E-state index contributed by atoms with van der Waals surface area (Å²) in [6.45, 7) is 1.24. The lowest BCUT2D eigenvalue weighted by atomic mass is 10.1. The number of hydrogen-bond donors (Lipinski definition) is 2. The minimum absolute atomic E-state index is 0.0274. The van der Waals surface area contributed by atoms with E-state index < -0.39 is 22.0 Å². The standard InChI is InChI=1S/C36H35N3O8S/c37-23-28-7-4-8-33(22-28)45-25-30(38-48(43,44)34-15-11-29(12-16-34)35(40)41)21-26-9-13-31(14-10-26)47-32-17-19-39(20-18-32)36(42)46-24-27-5-2-1-3-6-27/h1-16,22,30,32,38H,17-21,24-25H2,(H,40,41)/t30-/m0/s1. The first kappa shape index (κ1) is 34.0. The first-order valence-electron chi connectivity index (χ1n) is 15.4. The Labute approximate surface area is 279 Å². The van der Waals surface area contributed by atoms with Crippen LogP contribution in [0.15, 0.2) is 108 Å². The highest BCUT2D eigenvalue weighted by Crippen LogP contribution is 2.22. The maximum Gasteiger partial charge on any atom is 0.410 e. The molecule has 1 heterocycles. The van der Waals surface area contributed by atoms with E-state index in [1.807, 2.05) is 54.6 Å². The molecule has 11 nitrogen and oxygen atoms in total. The van der Waals surface area contributed by atoms with E-state index in [1.165, 1.54) is 24.3 Å². The molecule has 248 valence electrons. The third-order valence-corrected chi connectivity index (χ3v) is 9.30. The number of nitriles is 1. The molecule has 1 amide bonds. The molecule has 4 aromatic rings. The van der Waals surface area contributed by atoms with Gasteiger partial charge < -0.3 is 24.2 Å². The molecule has 2 N–H and O–H groups in total. The number of amides is 1. The molecule has 0 unspecified atom stereocenters. The highest BCUT2D eigenvalue weighted by atomic mass is 32.2. The summed E-state index contributed by atoms with van der Waals surface area (Å²) in [5, 5.41) is 18.4. The molecule has 0 aromatic heterocycles. The predicted molar refractivity (Wildman–Crippen MR) is 176 cm³/mol. The van der Waals surface area contributed by atoms with Gasteiger partial charge in [0, 0.05) is 25.9 Å². The number of rotatable bonds is 13. The number of piperidine rings is 1. The van der Waals surface area contributed by atoms with E-state index >= 15 is 0 Å². The topological polar surface area (TPSA) is 155 Å². The van der Waals surface area contributed by atoms with E-state index in [4.69, 9.17) is 19.3 Å². The Kier molecular flexibility index (Phi) is 11.3. The zero-order chi connectivity index (χ0) is 33.9. The van der Waals surface area contributed by atoms with Crippen LogP contribution in [-0.2, 0) is 27.8 Å². The van der Waals surface area contributed by atoms with Crippen LogP contribution in [0.4, 0.5) is 4.79 Å². The Morgan fingerprint density at radius 1 is 0.896 bits per heavy atom. The van der Waals surface area contributed by atoms with Crippen LogP contribution in [0.2, 0.25) is 0 Å². The van der Waals surface area contributed by atoms with Crippen molar-refractivity contribution in [3.63, 3.8) is 0 Å². The number of sulfonamides is 1. The van der Waals surface area contributed by atoms with Crippen LogP contribution in [0.3, 0.4) is 0 Å². The zero-order valence-electron chi connectivity index (χ0n) is 26.0. The normalized spacial score (nSPS) is 14.0. The number of likely N-dealkylation sites (tertiary alicyclic amines) is 1. The van der Waals surface area contributed by atoms with Gasteiger partial charge in [-0.05, 0) is 72.1 Å². The number of nitrogens with zero attached hydrogens (tertiary/aromatic N) is 2. The summed E-state index contributed by atoms with van der Waals surface area (Å²) in [7, 11) is -4.03. The van der Waals surface area contributed by atoms with E-state index in [-0.39, 0.29) is 42.3 Å². The number of aromatic carboxylic acids is 1. The fourth-order valence-corrected chi connectivity index (χ4v) is 6.42. The molecule has 1 atom stereocenters. The number of carboxylic acid groups (broad SMARTS) is 1. The Morgan fingerprint density at radius 2 is 1.60 bits per heavy atom. The van der Waals surface area contributed by atoms with Crippen molar-refractivity contribution >= 4 is 22.1 Å². The highest BCUT2D eigenvalue weighted by molar-refractivity contribution is 7.89. The van der Waals surface area contributed by atoms with Crippen LogP contribution in [-0.4, -0.2) is 62.3 Å². The van der Waals surface area contributed by atoms with Crippen LogP contribution < -0.4 is 14.2 Å². The molecule has 48 heavy (non-hydrogen) atoms. The van der Waals surface area contributed by atoms with Crippen molar-refractivity contribution in [1.82, 2.24) is 9.62 Å². The summed E-state index contributed by atoms with van der Waals surface area (Å²) in [4.78, 5) is 25.3. The van der Waals surface area contributed by atoms with Gasteiger partial charge in [-0.3, -0.25) is 0 Å². The summed E-state index contributed by atoms with van der Waals surface area (Å²) >= 11 is 0. The Bertz CT molecular complexity index is 1840.